The molecule has 0 bridgehead atoms. The molecule has 4 rings (SSSR count). The summed E-state index contributed by atoms with van der Waals surface area (Å²) in [4.78, 5) is 12.8. The number of hydrogen-bond donors (Lipinski definition) is 1. The second-order valence-electron chi connectivity index (χ2n) is 8.94. The zero-order valence-corrected chi connectivity index (χ0v) is 20.3. The third-order valence-electron chi connectivity index (χ3n) is 6.30. The summed E-state index contributed by atoms with van der Waals surface area (Å²) in [5.74, 6) is -0.802. The van der Waals surface area contributed by atoms with E-state index >= 15 is 0 Å². The van der Waals surface area contributed by atoms with Crippen LogP contribution in [-0.2, 0) is 22.3 Å². The summed E-state index contributed by atoms with van der Waals surface area (Å²) in [6, 6.07) is 21.3. The van der Waals surface area contributed by atoms with Gasteiger partial charge in [-0.15, -0.1) is 0 Å². The number of rotatable bonds is 9. The van der Waals surface area contributed by atoms with Crippen molar-refractivity contribution in [2.75, 3.05) is 20.3 Å². The third-order valence-corrected chi connectivity index (χ3v) is 6.30. The van der Waals surface area contributed by atoms with E-state index in [-0.39, 0.29) is 12.3 Å². The Bertz CT molecular complexity index is 1330. The molecule has 0 saturated heterocycles. The quantitative estimate of drug-likeness (QED) is 0.278. The van der Waals surface area contributed by atoms with Crippen LogP contribution in [0.15, 0.2) is 79.0 Å². The molecule has 1 aromatic heterocycles. The number of hydrogen-bond acceptors (Lipinski definition) is 2. The van der Waals surface area contributed by atoms with Crippen molar-refractivity contribution in [1.29, 1.82) is 0 Å². The molecule has 1 N–H and O–H groups in total. The fourth-order valence-electron chi connectivity index (χ4n) is 4.46. The lowest BCUT2D eigenvalue weighted by atomic mass is 9.87. The highest BCUT2D eigenvalue weighted by atomic mass is 19.4. The standard InChI is InChI=1S/C29H29F3N2O2/c1-20-10-12-21(13-11-20)18-34-19-26(24-8-3-4-9-27(24)34)25(17-28(35)33-14-15-36-2)22-6-5-7-23(16-22)29(30,31)32/h3-13,16,19,25H,14-15,17-18H2,1-2H3,(H,33,35)/t25-/m0/s1. The third kappa shape index (κ3) is 5.97. The van der Waals surface area contributed by atoms with E-state index in [4.69, 9.17) is 4.74 Å². The topological polar surface area (TPSA) is 43.3 Å². The molecule has 0 unspecified atom stereocenters. The van der Waals surface area contributed by atoms with Crippen molar-refractivity contribution < 1.29 is 22.7 Å². The zero-order chi connectivity index (χ0) is 25.7. The van der Waals surface area contributed by atoms with Gasteiger partial charge in [-0.05, 0) is 35.7 Å². The van der Waals surface area contributed by atoms with Crippen LogP contribution in [0.5, 0.6) is 0 Å². The van der Waals surface area contributed by atoms with Crippen LogP contribution in [0.2, 0.25) is 0 Å². The van der Waals surface area contributed by atoms with Crippen LogP contribution in [0.25, 0.3) is 10.9 Å². The van der Waals surface area contributed by atoms with E-state index in [1.807, 2.05) is 37.4 Å². The van der Waals surface area contributed by atoms with Crippen LogP contribution in [0, 0.1) is 6.92 Å². The minimum absolute atomic E-state index is 0.0174. The summed E-state index contributed by atoms with van der Waals surface area (Å²) in [5, 5.41) is 3.72. The van der Waals surface area contributed by atoms with E-state index in [2.05, 4.69) is 34.1 Å². The second kappa shape index (κ2) is 11.0. The average Bonchev–Trinajstić information content (AvgIpc) is 3.22. The van der Waals surface area contributed by atoms with Crippen molar-refractivity contribution in [2.24, 2.45) is 0 Å². The van der Waals surface area contributed by atoms with Gasteiger partial charge in [0.1, 0.15) is 0 Å². The minimum atomic E-state index is -4.47. The van der Waals surface area contributed by atoms with E-state index in [0.717, 1.165) is 34.2 Å². The Morgan fingerprint density at radius 2 is 1.78 bits per heavy atom. The Morgan fingerprint density at radius 3 is 2.50 bits per heavy atom. The maximum Gasteiger partial charge on any atom is 0.416 e. The van der Waals surface area contributed by atoms with Gasteiger partial charge in [-0.1, -0.05) is 66.2 Å². The number of aromatic nitrogens is 1. The van der Waals surface area contributed by atoms with Crippen molar-refractivity contribution in [3.8, 4) is 0 Å². The number of alkyl halides is 3. The lowest BCUT2D eigenvalue weighted by molar-refractivity contribution is -0.137. The molecule has 4 aromatic rings. The molecule has 4 nitrogen and oxygen atoms in total. The van der Waals surface area contributed by atoms with Crippen molar-refractivity contribution in [3.05, 3.63) is 107 Å². The number of benzene rings is 3. The van der Waals surface area contributed by atoms with Gasteiger partial charge in [-0.2, -0.15) is 13.2 Å². The molecular formula is C29H29F3N2O2. The summed E-state index contributed by atoms with van der Waals surface area (Å²) < 4.78 is 47.7. The van der Waals surface area contributed by atoms with E-state index < -0.39 is 17.7 Å². The predicted octanol–water partition coefficient (Wildman–Crippen LogP) is 6.30. The Morgan fingerprint density at radius 1 is 1.03 bits per heavy atom. The minimum Gasteiger partial charge on any atom is -0.383 e. The number of methoxy groups -OCH3 is 1. The number of halogens is 3. The maximum atomic E-state index is 13.5. The van der Waals surface area contributed by atoms with Crippen LogP contribution in [0.4, 0.5) is 13.2 Å². The molecule has 0 aliphatic rings. The zero-order valence-electron chi connectivity index (χ0n) is 20.3. The molecular weight excluding hydrogens is 465 g/mol. The van der Waals surface area contributed by atoms with Gasteiger partial charge < -0.3 is 14.6 Å². The van der Waals surface area contributed by atoms with E-state index in [1.165, 1.54) is 11.6 Å². The molecule has 0 spiro atoms. The summed E-state index contributed by atoms with van der Waals surface area (Å²) >= 11 is 0. The summed E-state index contributed by atoms with van der Waals surface area (Å²) in [7, 11) is 1.54. The van der Waals surface area contributed by atoms with Crippen LogP contribution in [0.1, 0.15) is 40.2 Å². The predicted molar refractivity (Wildman–Crippen MR) is 135 cm³/mol. The fraction of sp³-hybridized carbons (Fsp3) is 0.276. The Kier molecular flexibility index (Phi) is 7.79. The molecule has 0 radical (unpaired) electrons. The van der Waals surface area contributed by atoms with Gasteiger partial charge in [-0.25, -0.2) is 0 Å². The first kappa shape index (κ1) is 25.5. The molecule has 1 heterocycles. The molecule has 3 aromatic carbocycles. The average molecular weight is 495 g/mol. The SMILES string of the molecule is COCCNC(=O)C[C@@H](c1cccc(C(F)(F)F)c1)c1cn(Cc2ccc(C)cc2)c2ccccc12. The van der Waals surface area contributed by atoms with Crippen molar-refractivity contribution in [3.63, 3.8) is 0 Å². The molecule has 1 amide bonds. The van der Waals surface area contributed by atoms with Gasteiger partial charge in [0.05, 0.1) is 12.2 Å². The van der Waals surface area contributed by atoms with Gasteiger partial charge in [0, 0.05) is 49.6 Å². The second-order valence-corrected chi connectivity index (χ2v) is 8.94. The number of carbonyl (C=O) groups excluding carboxylic acids is 1. The van der Waals surface area contributed by atoms with Gasteiger partial charge in [0.2, 0.25) is 5.91 Å². The van der Waals surface area contributed by atoms with Gasteiger partial charge in [0.15, 0.2) is 0 Å². The highest BCUT2D eigenvalue weighted by Gasteiger charge is 2.32. The number of nitrogens with zero attached hydrogens (tertiary/aromatic N) is 1. The smallest absolute Gasteiger partial charge is 0.383 e. The molecule has 0 saturated carbocycles. The van der Waals surface area contributed by atoms with Crippen LogP contribution >= 0.6 is 0 Å². The van der Waals surface area contributed by atoms with Crippen molar-refractivity contribution in [2.45, 2.75) is 32.0 Å². The molecule has 0 fully saturated rings. The summed E-state index contributed by atoms with van der Waals surface area (Å²) in [6.07, 6.45) is -2.48. The van der Waals surface area contributed by atoms with E-state index in [0.29, 0.717) is 25.3 Å². The number of ether oxygens (including phenoxy) is 1. The Balaban J connectivity index is 1.78. The highest BCUT2D eigenvalue weighted by Crippen LogP contribution is 2.38. The largest absolute Gasteiger partial charge is 0.416 e. The normalized spacial score (nSPS) is 12.6. The lowest BCUT2D eigenvalue weighted by Gasteiger charge is -2.19. The monoisotopic (exact) mass is 494 g/mol. The molecule has 0 aliphatic carbocycles. The van der Waals surface area contributed by atoms with Crippen LogP contribution < -0.4 is 5.32 Å². The van der Waals surface area contributed by atoms with Gasteiger partial charge in [-0.3, -0.25) is 4.79 Å². The van der Waals surface area contributed by atoms with Crippen LogP contribution in [-0.4, -0.2) is 30.7 Å². The first-order chi connectivity index (χ1) is 17.3. The molecule has 188 valence electrons. The van der Waals surface area contributed by atoms with Crippen molar-refractivity contribution >= 4 is 16.8 Å². The van der Waals surface area contributed by atoms with Crippen molar-refractivity contribution in [1.82, 2.24) is 9.88 Å². The molecule has 1 atom stereocenters. The van der Waals surface area contributed by atoms with E-state index in [1.54, 1.807) is 13.2 Å². The number of nitrogens with one attached hydrogen (secondary N) is 1. The van der Waals surface area contributed by atoms with Crippen LogP contribution in [0.3, 0.4) is 0 Å². The first-order valence-electron chi connectivity index (χ1n) is 11.8. The summed E-state index contributed by atoms with van der Waals surface area (Å²) in [5.41, 5.74) is 3.78. The molecule has 7 heteroatoms. The fourth-order valence-corrected chi connectivity index (χ4v) is 4.46. The highest BCUT2D eigenvalue weighted by molar-refractivity contribution is 5.86. The molecule has 36 heavy (non-hydrogen) atoms. The van der Waals surface area contributed by atoms with Gasteiger partial charge in [0.25, 0.3) is 0 Å². The molecule has 0 aliphatic heterocycles. The number of carbonyl (C=O) groups is 1. The summed E-state index contributed by atoms with van der Waals surface area (Å²) in [6.45, 7) is 3.33. The Hall–Kier alpha value is -3.58. The maximum absolute atomic E-state index is 13.5. The Labute approximate surface area is 208 Å². The first-order valence-corrected chi connectivity index (χ1v) is 11.8. The number of amides is 1. The van der Waals surface area contributed by atoms with Gasteiger partial charge >= 0.3 is 6.18 Å². The number of para-hydroxylation sites is 1. The number of fused-ring (bicyclic) bond motifs is 1. The number of aryl methyl sites for hydroxylation is 1. The van der Waals surface area contributed by atoms with E-state index in [9.17, 15) is 18.0 Å². The lowest BCUT2D eigenvalue weighted by Crippen LogP contribution is -2.28.